The van der Waals surface area contributed by atoms with Crippen molar-refractivity contribution in [3.63, 3.8) is 0 Å². The molecule has 0 radical (unpaired) electrons. The first-order valence-corrected chi connectivity index (χ1v) is 11.8. The number of anilines is 2. The first kappa shape index (κ1) is 29.1. The molecule has 0 aliphatic heterocycles. The van der Waals surface area contributed by atoms with Gasteiger partial charge in [-0.25, -0.2) is 14.4 Å². The minimum atomic E-state index is -0.985. The molecule has 196 valence electrons. The summed E-state index contributed by atoms with van der Waals surface area (Å²) in [6.45, 7) is 8.68. The lowest BCUT2D eigenvalue weighted by atomic mass is 9.94. The molecule has 37 heavy (non-hydrogen) atoms. The first-order valence-electron chi connectivity index (χ1n) is 11.8. The van der Waals surface area contributed by atoms with E-state index in [0.29, 0.717) is 35.6 Å². The average Bonchev–Trinajstić information content (AvgIpc) is 2.81. The number of nitrogens with zero attached hydrogens (tertiary/aromatic N) is 2. The van der Waals surface area contributed by atoms with Crippen LogP contribution in [0.15, 0.2) is 46.4 Å². The zero-order chi connectivity index (χ0) is 27.6. The molecule has 2 aromatic carbocycles. The Hall–Kier alpha value is -4.10. The van der Waals surface area contributed by atoms with E-state index in [4.69, 9.17) is 4.74 Å². The van der Waals surface area contributed by atoms with Gasteiger partial charge in [0.15, 0.2) is 0 Å². The summed E-state index contributed by atoms with van der Waals surface area (Å²) >= 11 is 0. The topological polar surface area (TPSA) is 147 Å². The normalized spacial score (nSPS) is 12.4. The molecule has 0 saturated carbocycles. The number of benzene rings is 2. The summed E-state index contributed by atoms with van der Waals surface area (Å²) in [6, 6.07) is 9.95. The number of aliphatic hydroxyl groups excluding tert-OH is 1. The zero-order valence-corrected chi connectivity index (χ0v) is 21.6. The number of amides is 2. The second-order valence-corrected chi connectivity index (χ2v) is 9.51. The highest BCUT2D eigenvalue weighted by Gasteiger charge is 2.27. The van der Waals surface area contributed by atoms with Crippen LogP contribution in [0.25, 0.3) is 0 Å². The van der Waals surface area contributed by atoms with Crippen LogP contribution in [0.5, 0.6) is 0 Å². The van der Waals surface area contributed by atoms with E-state index in [-0.39, 0.29) is 12.3 Å². The highest BCUT2D eigenvalue weighted by molar-refractivity contribution is 5.92. The zero-order valence-electron chi connectivity index (χ0n) is 21.6. The van der Waals surface area contributed by atoms with Crippen molar-refractivity contribution in [2.45, 2.75) is 65.6 Å². The van der Waals surface area contributed by atoms with Crippen LogP contribution in [-0.2, 0) is 19.1 Å². The Morgan fingerprint density at radius 3 is 1.97 bits per heavy atom. The number of nitrogens with one attached hydrogen (secondary N) is 2. The standard InChI is InChI=1S/C27H32N4O6/c1-17-6-9-20(12-23(17)28-15-32)30-25(35)19(3)8-11-22(34)14-27(4,5)37-26(36)31-21-10-7-18(2)24(13-21)29-16-33/h6-7,9-10,12-13,19,22,34H,8,11,14H2,1-5H3,(H,30,35)(H,31,36). The highest BCUT2D eigenvalue weighted by Crippen LogP contribution is 2.26. The minimum absolute atomic E-state index is 0.161. The second-order valence-electron chi connectivity index (χ2n) is 9.51. The third-order valence-electron chi connectivity index (χ3n) is 5.74. The highest BCUT2D eigenvalue weighted by atomic mass is 16.6. The van der Waals surface area contributed by atoms with Gasteiger partial charge < -0.3 is 15.2 Å². The van der Waals surface area contributed by atoms with Gasteiger partial charge in [0, 0.05) is 23.7 Å². The van der Waals surface area contributed by atoms with Gasteiger partial charge in [-0.1, -0.05) is 19.1 Å². The largest absolute Gasteiger partial charge is 0.443 e. The number of rotatable bonds is 11. The lowest BCUT2D eigenvalue weighted by molar-refractivity contribution is -0.119. The molecule has 0 aliphatic carbocycles. The summed E-state index contributed by atoms with van der Waals surface area (Å²) in [6.07, 6.45) is 2.34. The molecule has 0 heterocycles. The monoisotopic (exact) mass is 508 g/mol. The third kappa shape index (κ3) is 9.46. The summed E-state index contributed by atoms with van der Waals surface area (Å²) < 4.78 is 5.48. The van der Waals surface area contributed by atoms with Gasteiger partial charge in [0.25, 0.3) is 0 Å². The summed E-state index contributed by atoms with van der Waals surface area (Å²) in [7, 11) is 0. The molecule has 0 spiro atoms. The Bertz CT molecular complexity index is 1230. The Morgan fingerprint density at radius 2 is 1.46 bits per heavy atom. The van der Waals surface area contributed by atoms with E-state index in [1.165, 1.54) is 18.2 Å². The van der Waals surface area contributed by atoms with Crippen molar-refractivity contribution in [1.29, 1.82) is 0 Å². The molecule has 2 aromatic rings. The molecule has 0 aromatic heterocycles. The molecule has 2 atom stereocenters. The Morgan fingerprint density at radius 1 is 0.946 bits per heavy atom. The van der Waals surface area contributed by atoms with Crippen molar-refractivity contribution in [3.05, 3.63) is 47.5 Å². The minimum Gasteiger partial charge on any atom is -0.443 e. The number of aliphatic imine (C=N–C) groups is 2. The molecule has 10 heteroatoms. The van der Waals surface area contributed by atoms with Crippen LogP contribution in [-0.4, -0.2) is 41.0 Å². The van der Waals surface area contributed by atoms with Crippen molar-refractivity contribution in [1.82, 2.24) is 0 Å². The maximum absolute atomic E-state index is 12.6. The van der Waals surface area contributed by atoms with Gasteiger partial charge in [0.2, 0.25) is 18.1 Å². The molecule has 0 bridgehead atoms. The molecule has 2 rings (SSSR count). The quantitative estimate of drug-likeness (QED) is 0.275. The molecular weight excluding hydrogens is 476 g/mol. The van der Waals surface area contributed by atoms with Gasteiger partial charge in [-0.2, -0.15) is 9.98 Å². The second kappa shape index (κ2) is 13.3. The van der Waals surface area contributed by atoms with Crippen molar-refractivity contribution in [3.8, 4) is 0 Å². The van der Waals surface area contributed by atoms with Crippen LogP contribution in [0.1, 0.15) is 51.2 Å². The van der Waals surface area contributed by atoms with Gasteiger partial charge in [-0.05, 0) is 75.9 Å². The van der Waals surface area contributed by atoms with Crippen LogP contribution in [0.3, 0.4) is 0 Å². The smallest absolute Gasteiger partial charge is 0.412 e. The third-order valence-corrected chi connectivity index (χ3v) is 5.74. The maximum atomic E-state index is 12.6. The Balaban J connectivity index is 1.85. The van der Waals surface area contributed by atoms with E-state index in [1.807, 2.05) is 0 Å². The molecule has 2 unspecified atom stereocenters. The van der Waals surface area contributed by atoms with Crippen molar-refractivity contribution in [2.24, 2.45) is 15.9 Å². The van der Waals surface area contributed by atoms with Crippen LogP contribution >= 0.6 is 0 Å². The number of carbonyl (C=O) groups is 2. The number of isocyanates is 2. The van der Waals surface area contributed by atoms with Gasteiger partial charge in [0.1, 0.15) is 5.60 Å². The predicted molar refractivity (Wildman–Crippen MR) is 140 cm³/mol. The van der Waals surface area contributed by atoms with Gasteiger partial charge >= 0.3 is 6.09 Å². The van der Waals surface area contributed by atoms with Crippen molar-refractivity contribution in [2.75, 3.05) is 10.6 Å². The SMILES string of the molecule is Cc1ccc(NC(=O)OC(C)(C)CC(O)CCC(C)C(=O)Nc2ccc(C)c(N=C=O)c2)cc1N=C=O. The number of aryl methyl sites for hydroxylation is 2. The van der Waals surface area contributed by atoms with E-state index in [0.717, 1.165) is 11.1 Å². The number of aliphatic hydroxyl groups is 1. The van der Waals surface area contributed by atoms with Crippen LogP contribution in [0.4, 0.5) is 27.5 Å². The van der Waals surface area contributed by atoms with Gasteiger partial charge in [-0.15, -0.1) is 0 Å². The summed E-state index contributed by atoms with van der Waals surface area (Å²) in [5.74, 6) is -0.630. The average molecular weight is 509 g/mol. The maximum Gasteiger partial charge on any atom is 0.412 e. The predicted octanol–water partition coefficient (Wildman–Crippen LogP) is 5.37. The molecule has 10 nitrogen and oxygen atoms in total. The van der Waals surface area contributed by atoms with Gasteiger partial charge in [-0.3, -0.25) is 10.1 Å². The summed E-state index contributed by atoms with van der Waals surface area (Å²) in [5.41, 5.74) is 2.28. The van der Waals surface area contributed by atoms with Crippen molar-refractivity contribution >= 4 is 46.9 Å². The lowest BCUT2D eigenvalue weighted by Gasteiger charge is -2.28. The fraction of sp³-hybridized carbons (Fsp3) is 0.407. The molecule has 0 aliphatic rings. The van der Waals surface area contributed by atoms with E-state index in [1.54, 1.807) is 65.0 Å². The Labute approximate surface area is 215 Å². The van der Waals surface area contributed by atoms with E-state index >= 15 is 0 Å². The number of ether oxygens (including phenoxy) is 1. The molecule has 3 N–H and O–H groups in total. The molecule has 2 amide bonds. The fourth-order valence-electron chi connectivity index (χ4n) is 3.66. The lowest BCUT2D eigenvalue weighted by Crippen LogP contribution is -2.34. The number of hydrogen-bond donors (Lipinski definition) is 3. The Kier molecular flexibility index (Phi) is 10.5. The van der Waals surface area contributed by atoms with Crippen LogP contribution in [0, 0.1) is 19.8 Å². The van der Waals surface area contributed by atoms with E-state index in [9.17, 15) is 24.3 Å². The molecular formula is C27H32N4O6. The fourth-order valence-corrected chi connectivity index (χ4v) is 3.66. The van der Waals surface area contributed by atoms with Crippen LogP contribution in [0.2, 0.25) is 0 Å². The summed E-state index contributed by atoms with van der Waals surface area (Å²) in [5, 5.41) is 15.9. The number of carbonyl (C=O) groups excluding carboxylic acids is 4. The van der Waals surface area contributed by atoms with Gasteiger partial charge in [0.05, 0.1) is 17.5 Å². The van der Waals surface area contributed by atoms with Crippen LogP contribution < -0.4 is 10.6 Å². The van der Waals surface area contributed by atoms with E-state index in [2.05, 4.69) is 20.6 Å². The van der Waals surface area contributed by atoms with Crippen molar-refractivity contribution < 1.29 is 29.0 Å². The molecule has 0 saturated heterocycles. The molecule has 0 fully saturated rings. The first-order chi connectivity index (χ1) is 17.4. The van der Waals surface area contributed by atoms with E-state index < -0.39 is 23.7 Å². The summed E-state index contributed by atoms with van der Waals surface area (Å²) in [4.78, 5) is 53.3. The number of hydrogen-bond acceptors (Lipinski definition) is 8.